The summed E-state index contributed by atoms with van der Waals surface area (Å²) in [7, 11) is 1.68. The second-order valence-electron chi connectivity index (χ2n) is 4.08. The fourth-order valence-electron chi connectivity index (χ4n) is 1.96. The molecule has 0 aliphatic carbocycles. The van der Waals surface area contributed by atoms with Gasteiger partial charge in [-0.15, -0.1) is 9.71 Å². The Bertz CT molecular complexity index is 382. The highest BCUT2D eigenvalue weighted by atomic mass is 16.5. The van der Waals surface area contributed by atoms with E-state index >= 15 is 0 Å². The van der Waals surface area contributed by atoms with E-state index in [1.54, 1.807) is 7.11 Å². The smallest absolute Gasteiger partial charge is 0.189 e. The van der Waals surface area contributed by atoms with Gasteiger partial charge in [-0.3, -0.25) is 0 Å². The van der Waals surface area contributed by atoms with E-state index in [2.05, 4.69) is 23.5 Å². The number of quaternary nitrogens is 1. The number of ether oxygens (including phenoxy) is 1. The lowest BCUT2D eigenvalue weighted by Gasteiger charge is -2.26. The zero-order valence-corrected chi connectivity index (χ0v) is 9.89. The molecule has 0 N–H and O–H groups in total. The van der Waals surface area contributed by atoms with Gasteiger partial charge in [-0.05, 0) is 12.8 Å². The summed E-state index contributed by atoms with van der Waals surface area (Å²) in [5, 5.41) is 8.34. The Morgan fingerprint density at radius 1 is 1.38 bits per heavy atom. The van der Waals surface area contributed by atoms with Crippen LogP contribution in [-0.2, 0) is 4.74 Å². The summed E-state index contributed by atoms with van der Waals surface area (Å²) in [5.74, 6) is 0.864. The molecular weight excluding hydrogens is 202 g/mol. The van der Waals surface area contributed by atoms with Gasteiger partial charge in [0.2, 0.25) is 0 Å². The van der Waals surface area contributed by atoms with Crippen LogP contribution >= 0.6 is 0 Å². The SMILES string of the molecule is CCCCC[N+]12C=CC(OC)=CC1=CN=N2. The molecule has 0 saturated heterocycles. The molecule has 1 atom stereocenters. The van der Waals surface area contributed by atoms with E-state index in [4.69, 9.17) is 4.74 Å². The number of hydrogen-bond donors (Lipinski definition) is 0. The fraction of sp³-hybridized carbons (Fsp3) is 0.500. The van der Waals surface area contributed by atoms with Gasteiger partial charge in [0.25, 0.3) is 0 Å². The largest absolute Gasteiger partial charge is 0.496 e. The van der Waals surface area contributed by atoms with Crippen LogP contribution in [0.1, 0.15) is 26.2 Å². The summed E-state index contributed by atoms with van der Waals surface area (Å²) < 4.78 is 5.72. The van der Waals surface area contributed by atoms with Crippen LogP contribution in [-0.4, -0.2) is 18.2 Å². The molecule has 0 bridgehead atoms. The summed E-state index contributed by atoms with van der Waals surface area (Å²) in [6.07, 6.45) is 11.5. The molecular formula is C12H18N3O+. The maximum absolute atomic E-state index is 5.21. The van der Waals surface area contributed by atoms with Crippen molar-refractivity contribution in [2.24, 2.45) is 10.3 Å². The van der Waals surface area contributed by atoms with Gasteiger partial charge in [-0.1, -0.05) is 13.3 Å². The van der Waals surface area contributed by atoms with Crippen LogP contribution in [0.2, 0.25) is 0 Å². The fourth-order valence-corrected chi connectivity index (χ4v) is 1.96. The van der Waals surface area contributed by atoms with E-state index in [0.717, 1.165) is 24.4 Å². The first-order chi connectivity index (χ1) is 7.80. The van der Waals surface area contributed by atoms with Crippen molar-refractivity contribution in [3.63, 3.8) is 0 Å². The molecule has 0 amide bonds. The quantitative estimate of drug-likeness (QED) is 0.517. The minimum Gasteiger partial charge on any atom is -0.496 e. The van der Waals surface area contributed by atoms with Gasteiger partial charge in [0.15, 0.2) is 5.70 Å². The lowest BCUT2D eigenvalue weighted by Crippen LogP contribution is -2.36. The molecule has 2 aliphatic heterocycles. The molecule has 2 rings (SSSR count). The van der Waals surface area contributed by atoms with Crippen LogP contribution in [0.4, 0.5) is 0 Å². The molecule has 0 spiro atoms. The first-order valence-electron chi connectivity index (χ1n) is 5.76. The second kappa shape index (κ2) is 4.61. The maximum atomic E-state index is 5.21. The van der Waals surface area contributed by atoms with Crippen molar-refractivity contribution >= 4 is 0 Å². The summed E-state index contributed by atoms with van der Waals surface area (Å²) >= 11 is 0. The summed E-state index contributed by atoms with van der Waals surface area (Å²) in [5.41, 5.74) is 1.09. The summed E-state index contributed by atoms with van der Waals surface area (Å²) in [6, 6.07) is 0. The van der Waals surface area contributed by atoms with Gasteiger partial charge in [-0.2, -0.15) is 0 Å². The molecule has 2 heterocycles. The zero-order chi connectivity index (χ0) is 11.4. The maximum Gasteiger partial charge on any atom is 0.189 e. The molecule has 1 unspecified atom stereocenters. The third-order valence-electron chi connectivity index (χ3n) is 2.96. The highest BCUT2D eigenvalue weighted by Gasteiger charge is 2.36. The number of methoxy groups -OCH3 is 1. The van der Waals surface area contributed by atoms with Crippen molar-refractivity contribution in [2.45, 2.75) is 26.2 Å². The van der Waals surface area contributed by atoms with E-state index in [1.165, 1.54) is 12.8 Å². The molecule has 0 aromatic carbocycles. The van der Waals surface area contributed by atoms with Gasteiger partial charge in [0.05, 0.1) is 7.11 Å². The van der Waals surface area contributed by atoms with E-state index in [-0.39, 0.29) is 0 Å². The Labute approximate surface area is 96.2 Å². The minimum absolute atomic E-state index is 0.507. The second-order valence-corrected chi connectivity index (χ2v) is 4.08. The highest BCUT2D eigenvalue weighted by Crippen LogP contribution is 2.32. The third kappa shape index (κ3) is 1.93. The number of nitrogens with zero attached hydrogens (tertiary/aromatic N) is 3. The Morgan fingerprint density at radius 3 is 3.00 bits per heavy atom. The van der Waals surface area contributed by atoms with E-state index in [0.29, 0.717) is 4.59 Å². The van der Waals surface area contributed by atoms with Gasteiger partial charge in [0.1, 0.15) is 24.7 Å². The Hall–Kier alpha value is -1.42. The van der Waals surface area contributed by atoms with Gasteiger partial charge in [0, 0.05) is 17.4 Å². The van der Waals surface area contributed by atoms with Gasteiger partial charge >= 0.3 is 0 Å². The molecule has 4 nitrogen and oxygen atoms in total. The predicted molar refractivity (Wildman–Crippen MR) is 61.8 cm³/mol. The molecule has 0 saturated carbocycles. The van der Waals surface area contributed by atoms with Crippen LogP contribution in [0.5, 0.6) is 0 Å². The van der Waals surface area contributed by atoms with Crippen molar-refractivity contribution < 1.29 is 9.33 Å². The number of rotatable bonds is 5. The lowest BCUT2D eigenvalue weighted by atomic mass is 10.2. The molecule has 16 heavy (non-hydrogen) atoms. The van der Waals surface area contributed by atoms with Crippen LogP contribution in [0.3, 0.4) is 0 Å². The summed E-state index contributed by atoms with van der Waals surface area (Å²) in [4.78, 5) is 0. The Morgan fingerprint density at radius 2 is 2.25 bits per heavy atom. The average molecular weight is 220 g/mol. The van der Waals surface area contributed by atoms with Crippen molar-refractivity contribution in [3.8, 4) is 0 Å². The van der Waals surface area contributed by atoms with Crippen LogP contribution < -0.4 is 0 Å². The van der Waals surface area contributed by atoms with Crippen LogP contribution in [0, 0.1) is 0 Å². The minimum atomic E-state index is 0.507. The average Bonchev–Trinajstić information content (AvgIpc) is 2.72. The highest BCUT2D eigenvalue weighted by molar-refractivity contribution is 5.27. The van der Waals surface area contributed by atoms with E-state index in [9.17, 15) is 0 Å². The number of hydrogen-bond acceptors (Lipinski definition) is 3. The number of unbranched alkanes of at least 4 members (excludes halogenated alkanes) is 2. The van der Waals surface area contributed by atoms with E-state index in [1.807, 2.05) is 18.4 Å². The van der Waals surface area contributed by atoms with Crippen molar-refractivity contribution in [1.82, 2.24) is 0 Å². The first kappa shape index (κ1) is 11.1. The topological polar surface area (TPSA) is 34.0 Å². The Kier molecular flexibility index (Phi) is 3.19. The van der Waals surface area contributed by atoms with Gasteiger partial charge in [-0.25, -0.2) is 0 Å². The zero-order valence-electron chi connectivity index (χ0n) is 9.89. The molecule has 2 aliphatic rings. The molecule has 4 heteroatoms. The lowest BCUT2D eigenvalue weighted by molar-refractivity contribution is -0.847. The monoisotopic (exact) mass is 220 g/mol. The summed E-state index contributed by atoms with van der Waals surface area (Å²) in [6.45, 7) is 3.18. The molecule has 0 aromatic rings. The third-order valence-corrected chi connectivity index (χ3v) is 2.96. The molecule has 0 fully saturated rings. The number of fused-ring (bicyclic) bond motifs is 1. The van der Waals surface area contributed by atoms with Crippen molar-refractivity contribution in [3.05, 3.63) is 36.0 Å². The number of allylic oxidation sites excluding steroid dienone is 2. The normalized spacial score (nSPS) is 26.4. The van der Waals surface area contributed by atoms with Crippen LogP contribution in [0.25, 0.3) is 0 Å². The first-order valence-corrected chi connectivity index (χ1v) is 5.76. The standard InChI is InChI=1S/C12H18N3O/c1-3-4-5-7-15-8-6-12(16-2)9-11(15)10-13-14-15/h6,8-10H,3-5,7H2,1-2H3/q+1. The van der Waals surface area contributed by atoms with Gasteiger partial charge < -0.3 is 4.74 Å². The predicted octanol–water partition coefficient (Wildman–Crippen LogP) is 3.27. The Balaban J connectivity index is 2.11. The molecule has 0 aromatic heterocycles. The molecule has 86 valence electrons. The van der Waals surface area contributed by atoms with E-state index < -0.39 is 0 Å². The van der Waals surface area contributed by atoms with Crippen molar-refractivity contribution in [1.29, 1.82) is 0 Å². The van der Waals surface area contributed by atoms with Crippen LogP contribution in [0.15, 0.2) is 46.3 Å². The molecule has 0 radical (unpaired) electrons. The van der Waals surface area contributed by atoms with Crippen molar-refractivity contribution in [2.75, 3.05) is 13.7 Å².